The Morgan fingerprint density at radius 1 is 1.06 bits per heavy atom. The van der Waals surface area contributed by atoms with Crippen LogP contribution in [0.2, 0.25) is 0 Å². The molecule has 1 unspecified atom stereocenters. The van der Waals surface area contributed by atoms with E-state index in [1.807, 2.05) is 16.8 Å². The third-order valence-electron chi connectivity index (χ3n) is 6.16. The summed E-state index contributed by atoms with van der Waals surface area (Å²) in [5, 5.41) is 13.0. The van der Waals surface area contributed by atoms with E-state index >= 15 is 0 Å². The van der Waals surface area contributed by atoms with Gasteiger partial charge in [-0.25, -0.2) is 14.1 Å². The Morgan fingerprint density at radius 2 is 1.88 bits per heavy atom. The zero-order valence-electron chi connectivity index (χ0n) is 18.1. The fourth-order valence-corrected chi connectivity index (χ4v) is 4.48. The molecule has 1 atom stereocenters. The quantitative estimate of drug-likeness (QED) is 0.643. The number of anilines is 1. The Bertz CT molecular complexity index is 1220. The highest BCUT2D eigenvalue weighted by Gasteiger charge is 2.27. The molecule has 3 aromatic rings. The van der Waals surface area contributed by atoms with E-state index in [0.29, 0.717) is 5.82 Å². The van der Waals surface area contributed by atoms with Crippen LogP contribution in [-0.4, -0.2) is 32.3 Å². The lowest BCUT2D eigenvalue weighted by atomic mass is 9.88. The first-order valence-corrected chi connectivity index (χ1v) is 11.1. The highest BCUT2D eigenvalue weighted by molar-refractivity contribution is 6.43. The Balaban J connectivity index is 1.34. The molecule has 2 aliphatic rings. The van der Waals surface area contributed by atoms with Crippen molar-refractivity contribution in [3.05, 3.63) is 83.3 Å². The molecule has 1 aromatic heterocycles. The largest absolute Gasteiger partial charge is 0.306 e. The van der Waals surface area contributed by atoms with Crippen LogP contribution in [0.15, 0.2) is 65.9 Å². The van der Waals surface area contributed by atoms with Gasteiger partial charge >= 0.3 is 0 Å². The van der Waals surface area contributed by atoms with Crippen molar-refractivity contribution in [1.82, 2.24) is 14.8 Å². The van der Waals surface area contributed by atoms with Crippen LogP contribution in [-0.2, 0) is 22.6 Å². The Kier molecular flexibility index (Phi) is 5.73. The molecule has 7 nitrogen and oxygen atoms in total. The van der Waals surface area contributed by atoms with Crippen molar-refractivity contribution in [1.29, 1.82) is 0 Å². The number of hydrazone groups is 1. The number of carbonyl (C=O) groups excluding carboxylic acids is 2. The number of hydrogen-bond donors (Lipinski definition) is 1. The molecule has 168 valence electrons. The molecule has 0 fully saturated rings. The maximum absolute atomic E-state index is 13.2. The molecule has 2 aromatic carbocycles. The van der Waals surface area contributed by atoms with Crippen LogP contribution >= 0.6 is 0 Å². The van der Waals surface area contributed by atoms with Crippen LogP contribution in [0.25, 0.3) is 0 Å². The van der Waals surface area contributed by atoms with E-state index in [1.54, 1.807) is 24.4 Å². The Hall–Kier alpha value is -3.81. The van der Waals surface area contributed by atoms with E-state index < -0.39 is 0 Å². The molecule has 33 heavy (non-hydrogen) atoms. The third kappa shape index (κ3) is 4.41. The van der Waals surface area contributed by atoms with Crippen molar-refractivity contribution in [2.75, 3.05) is 5.32 Å². The lowest BCUT2D eigenvalue weighted by Gasteiger charge is -2.27. The van der Waals surface area contributed by atoms with E-state index in [9.17, 15) is 14.0 Å². The zero-order chi connectivity index (χ0) is 22.8. The minimum absolute atomic E-state index is 0.0603. The predicted molar refractivity (Wildman–Crippen MR) is 122 cm³/mol. The van der Waals surface area contributed by atoms with Crippen LogP contribution in [0.4, 0.5) is 10.2 Å². The number of hydrogen-bond acceptors (Lipinski definition) is 4. The Morgan fingerprint density at radius 3 is 2.73 bits per heavy atom. The molecule has 5 rings (SSSR count). The van der Waals surface area contributed by atoms with Crippen LogP contribution in [0, 0.1) is 5.82 Å². The summed E-state index contributed by atoms with van der Waals surface area (Å²) in [4.78, 5) is 25.4. The first kappa shape index (κ1) is 21.1. The maximum Gasteiger partial charge on any atom is 0.273 e. The fraction of sp³-hybridized carbons (Fsp3) is 0.280. The average molecular weight is 445 g/mol. The van der Waals surface area contributed by atoms with Gasteiger partial charge in [0.1, 0.15) is 17.3 Å². The van der Waals surface area contributed by atoms with E-state index in [4.69, 9.17) is 0 Å². The first-order chi connectivity index (χ1) is 16.1. The van der Waals surface area contributed by atoms with Crippen LogP contribution in [0.5, 0.6) is 0 Å². The van der Waals surface area contributed by atoms with Gasteiger partial charge in [0.15, 0.2) is 0 Å². The molecule has 0 bridgehead atoms. The lowest BCUT2D eigenvalue weighted by Crippen LogP contribution is -2.36. The van der Waals surface area contributed by atoms with E-state index in [-0.39, 0.29) is 48.8 Å². The topological polar surface area (TPSA) is 79.6 Å². The van der Waals surface area contributed by atoms with Gasteiger partial charge in [-0.1, -0.05) is 36.4 Å². The summed E-state index contributed by atoms with van der Waals surface area (Å²) >= 11 is 0. The second-order valence-electron chi connectivity index (χ2n) is 8.35. The van der Waals surface area contributed by atoms with Gasteiger partial charge in [-0.2, -0.15) is 10.2 Å². The second kappa shape index (κ2) is 8.97. The number of halogens is 1. The first-order valence-electron chi connectivity index (χ1n) is 11.1. The number of rotatable bonds is 5. The summed E-state index contributed by atoms with van der Waals surface area (Å²) in [7, 11) is 0. The summed E-state index contributed by atoms with van der Waals surface area (Å²) in [6.45, 7) is 0.187. The molecule has 2 amide bonds. The monoisotopic (exact) mass is 445 g/mol. The van der Waals surface area contributed by atoms with Gasteiger partial charge in [0.05, 0.1) is 18.8 Å². The minimum atomic E-state index is -0.350. The number of nitrogens with zero attached hydrogens (tertiary/aromatic N) is 4. The van der Waals surface area contributed by atoms with Crippen molar-refractivity contribution >= 4 is 23.3 Å². The molecule has 1 aliphatic carbocycles. The van der Waals surface area contributed by atoms with Crippen LogP contribution in [0.1, 0.15) is 48.4 Å². The molecule has 8 heteroatoms. The number of amides is 2. The number of fused-ring (bicyclic) bond motifs is 1. The summed E-state index contributed by atoms with van der Waals surface area (Å²) in [6, 6.07) is 16.1. The van der Waals surface area contributed by atoms with Gasteiger partial charge in [0.2, 0.25) is 5.91 Å². The van der Waals surface area contributed by atoms with E-state index in [2.05, 4.69) is 27.6 Å². The van der Waals surface area contributed by atoms with Gasteiger partial charge in [-0.05, 0) is 48.1 Å². The third-order valence-corrected chi connectivity index (χ3v) is 6.16. The molecule has 0 saturated carbocycles. The van der Waals surface area contributed by atoms with Crippen molar-refractivity contribution < 1.29 is 14.0 Å². The summed E-state index contributed by atoms with van der Waals surface area (Å²) < 4.78 is 15.0. The number of benzene rings is 2. The molecule has 0 radical (unpaired) electrons. The molecular formula is C25H24FN5O2. The molecule has 1 N–H and O–H groups in total. The number of aromatic nitrogens is 2. The van der Waals surface area contributed by atoms with Gasteiger partial charge in [-0.15, -0.1) is 0 Å². The van der Waals surface area contributed by atoms with Gasteiger partial charge < -0.3 is 5.32 Å². The van der Waals surface area contributed by atoms with E-state index in [0.717, 1.165) is 24.8 Å². The van der Waals surface area contributed by atoms with Crippen molar-refractivity contribution in [2.24, 2.45) is 5.10 Å². The smallest absolute Gasteiger partial charge is 0.273 e. The predicted octanol–water partition coefficient (Wildman–Crippen LogP) is 4.07. The average Bonchev–Trinajstić information content (AvgIpc) is 3.29. The maximum atomic E-state index is 13.2. The molecule has 0 saturated heterocycles. The van der Waals surface area contributed by atoms with Crippen LogP contribution in [0.3, 0.4) is 0 Å². The van der Waals surface area contributed by atoms with Gasteiger partial charge in [0.25, 0.3) is 5.91 Å². The molecule has 2 heterocycles. The zero-order valence-corrected chi connectivity index (χ0v) is 18.1. The number of carbonyl (C=O) groups is 2. The number of aryl methyl sites for hydroxylation is 1. The van der Waals surface area contributed by atoms with Crippen LogP contribution < -0.4 is 5.32 Å². The van der Waals surface area contributed by atoms with Gasteiger partial charge in [-0.3, -0.25) is 9.59 Å². The number of nitrogens with one attached hydrogen (secondary N) is 1. The fourth-order valence-electron chi connectivity index (χ4n) is 4.48. The Labute approximate surface area is 190 Å². The lowest BCUT2D eigenvalue weighted by molar-refractivity contribution is -0.132. The standard InChI is InChI=1S/C25H24FN5O2/c26-19-10-8-17(9-11-19)16-30-24(32)13-12-21(29-30)25(33)28-23-14-15-27-31(23)22-7-3-5-18-4-1-2-6-20(18)22/h1-2,4,6,8-11,14-15,22H,3,5,7,12-13,16H2,(H,28,33). The van der Waals surface area contributed by atoms with Crippen molar-refractivity contribution in [3.8, 4) is 0 Å². The highest BCUT2D eigenvalue weighted by Crippen LogP contribution is 2.34. The summed E-state index contributed by atoms with van der Waals surface area (Å²) in [6.07, 6.45) is 5.20. The van der Waals surface area contributed by atoms with Crippen molar-refractivity contribution in [2.45, 2.75) is 44.7 Å². The second-order valence-corrected chi connectivity index (χ2v) is 8.35. The molecule has 0 spiro atoms. The SMILES string of the molecule is O=C(Nc1ccnn1C1CCCc2ccccc21)C1=NN(Cc2ccc(F)cc2)C(=O)CC1. The summed E-state index contributed by atoms with van der Waals surface area (Å²) in [5.74, 6) is -0.256. The molecule has 1 aliphatic heterocycles. The highest BCUT2D eigenvalue weighted by atomic mass is 19.1. The van der Waals surface area contributed by atoms with E-state index in [1.165, 1.54) is 28.3 Å². The van der Waals surface area contributed by atoms with Crippen molar-refractivity contribution in [3.63, 3.8) is 0 Å². The van der Waals surface area contributed by atoms with Gasteiger partial charge in [0, 0.05) is 18.9 Å². The molecular weight excluding hydrogens is 421 g/mol. The normalized spacial score (nSPS) is 18.0. The summed E-state index contributed by atoms with van der Waals surface area (Å²) in [5.41, 5.74) is 3.57. The minimum Gasteiger partial charge on any atom is -0.306 e.